The topological polar surface area (TPSA) is 46.6 Å². The largest absolute Gasteiger partial charge is 0.443 e. The minimum absolute atomic E-state index is 0.312. The summed E-state index contributed by atoms with van der Waals surface area (Å²) >= 11 is 0. The van der Waals surface area contributed by atoms with Crippen LogP contribution in [0.1, 0.15) is 49.4 Å². The van der Waals surface area contributed by atoms with Crippen molar-refractivity contribution in [3.05, 3.63) is 83.1 Å². The van der Waals surface area contributed by atoms with Crippen molar-refractivity contribution in [1.29, 1.82) is 0 Å². The number of para-hydroxylation sites is 1. The molecule has 2 aromatic carbocycles. The summed E-state index contributed by atoms with van der Waals surface area (Å²) in [6.07, 6.45) is 1.45. The maximum atomic E-state index is 13.9. The highest BCUT2D eigenvalue weighted by Gasteiger charge is 2.54. The van der Waals surface area contributed by atoms with Crippen LogP contribution >= 0.6 is 0 Å². The third kappa shape index (κ3) is 3.52. The Bertz CT molecular complexity index is 1020. The number of imide groups is 1. The fourth-order valence-corrected chi connectivity index (χ4v) is 3.92. The number of rotatable bonds is 3. The quantitative estimate of drug-likeness (QED) is 0.642. The predicted octanol–water partition coefficient (Wildman–Crippen LogP) is 5.60. The summed E-state index contributed by atoms with van der Waals surface area (Å²) in [4.78, 5) is 28.1. The number of benzene rings is 2. The molecule has 1 aliphatic heterocycles. The van der Waals surface area contributed by atoms with Crippen molar-refractivity contribution in [1.82, 2.24) is 0 Å². The zero-order valence-electron chi connectivity index (χ0n) is 17.7. The van der Waals surface area contributed by atoms with Gasteiger partial charge in [-0.15, -0.1) is 5.73 Å². The number of ether oxygens (including phenoxy) is 1. The van der Waals surface area contributed by atoms with E-state index in [1.165, 1.54) is 4.90 Å². The first kappa shape index (κ1) is 20.6. The van der Waals surface area contributed by atoms with Gasteiger partial charge < -0.3 is 4.74 Å². The minimum atomic E-state index is -1.03. The number of amides is 2. The number of allylic oxidation sites excluding steroid dienone is 1. The van der Waals surface area contributed by atoms with Crippen molar-refractivity contribution < 1.29 is 14.3 Å². The van der Waals surface area contributed by atoms with E-state index in [9.17, 15) is 9.59 Å². The molecule has 2 aromatic rings. The van der Waals surface area contributed by atoms with Crippen LogP contribution in [-0.4, -0.2) is 17.6 Å². The van der Waals surface area contributed by atoms with Gasteiger partial charge in [0, 0.05) is 0 Å². The normalized spacial score (nSPS) is 18.2. The van der Waals surface area contributed by atoms with Gasteiger partial charge in [0.15, 0.2) is 0 Å². The molecule has 0 N–H and O–H groups in total. The number of fused-ring (bicyclic) bond motifs is 1. The fourth-order valence-electron chi connectivity index (χ4n) is 3.92. The molecule has 0 unspecified atom stereocenters. The molecule has 0 spiro atoms. The molecule has 29 heavy (non-hydrogen) atoms. The Labute approximate surface area is 172 Å². The van der Waals surface area contributed by atoms with Crippen LogP contribution in [0.25, 0.3) is 0 Å². The van der Waals surface area contributed by atoms with Gasteiger partial charge in [0.1, 0.15) is 11.0 Å². The first-order valence-corrected chi connectivity index (χ1v) is 9.71. The maximum Gasteiger partial charge on any atom is 0.421 e. The Morgan fingerprint density at radius 3 is 2.52 bits per heavy atom. The monoisotopic (exact) mass is 389 g/mol. The van der Waals surface area contributed by atoms with Crippen LogP contribution < -0.4 is 4.90 Å². The highest BCUT2D eigenvalue weighted by molar-refractivity contribution is 6.22. The van der Waals surface area contributed by atoms with E-state index in [4.69, 9.17) is 4.74 Å². The zero-order chi connectivity index (χ0) is 21.4. The van der Waals surface area contributed by atoms with Gasteiger partial charge in [0.25, 0.3) is 5.91 Å². The van der Waals surface area contributed by atoms with E-state index < -0.39 is 17.1 Å². The summed E-state index contributed by atoms with van der Waals surface area (Å²) in [6, 6.07) is 13.5. The van der Waals surface area contributed by atoms with Gasteiger partial charge in [-0.3, -0.25) is 4.79 Å². The number of anilines is 1. The van der Waals surface area contributed by atoms with Crippen LogP contribution in [-0.2, 0) is 14.9 Å². The Hall–Kier alpha value is -3.10. The second-order valence-electron chi connectivity index (χ2n) is 8.47. The van der Waals surface area contributed by atoms with E-state index >= 15 is 0 Å². The van der Waals surface area contributed by atoms with E-state index in [0.717, 1.165) is 22.3 Å². The zero-order valence-corrected chi connectivity index (χ0v) is 17.7. The third-order valence-electron chi connectivity index (χ3n) is 5.15. The molecule has 4 nitrogen and oxygen atoms in total. The van der Waals surface area contributed by atoms with Gasteiger partial charge in [0.05, 0.1) is 5.69 Å². The van der Waals surface area contributed by atoms with Crippen LogP contribution in [0.2, 0.25) is 0 Å². The smallest absolute Gasteiger partial charge is 0.421 e. The Morgan fingerprint density at radius 2 is 1.86 bits per heavy atom. The third-order valence-corrected chi connectivity index (χ3v) is 5.15. The van der Waals surface area contributed by atoms with E-state index in [1.54, 1.807) is 32.9 Å². The standard InChI is InChI=1S/C25H27NO3/c1-7-8-15-25(20-16-17(2)13-14-18(20)3)19-11-9-10-12-21(19)26(22(25)27)23(28)29-24(4,5)6/h8-14,16H,1,15H2,2-6H3/t25-/m0/s1. The molecule has 4 heteroatoms. The van der Waals surface area contributed by atoms with Crippen molar-refractivity contribution in [2.24, 2.45) is 0 Å². The van der Waals surface area contributed by atoms with Gasteiger partial charge >= 0.3 is 6.09 Å². The molecule has 0 saturated carbocycles. The average Bonchev–Trinajstić information content (AvgIpc) is 2.89. The van der Waals surface area contributed by atoms with Gasteiger partial charge in [-0.2, -0.15) is 0 Å². The number of aryl methyl sites for hydroxylation is 2. The van der Waals surface area contributed by atoms with E-state index in [2.05, 4.69) is 12.3 Å². The van der Waals surface area contributed by atoms with Crippen molar-refractivity contribution >= 4 is 17.7 Å². The molecular weight excluding hydrogens is 362 g/mol. The Balaban J connectivity index is 2.29. The van der Waals surface area contributed by atoms with Crippen LogP contribution in [0.5, 0.6) is 0 Å². The Morgan fingerprint density at radius 1 is 1.17 bits per heavy atom. The SMILES string of the molecule is C=C=CC[C@]1(c2cc(C)ccc2C)C(=O)N(C(=O)OC(C)(C)C)c2ccccc21. The van der Waals surface area contributed by atoms with Gasteiger partial charge in [0.2, 0.25) is 0 Å². The lowest BCUT2D eigenvalue weighted by atomic mass is 9.71. The summed E-state index contributed by atoms with van der Waals surface area (Å²) in [5.41, 5.74) is 5.32. The van der Waals surface area contributed by atoms with Crippen LogP contribution in [0.4, 0.5) is 10.5 Å². The van der Waals surface area contributed by atoms with Crippen molar-refractivity contribution in [2.45, 2.75) is 52.1 Å². The van der Waals surface area contributed by atoms with Crippen molar-refractivity contribution in [3.63, 3.8) is 0 Å². The fraction of sp³-hybridized carbons (Fsp3) is 0.320. The van der Waals surface area contributed by atoms with E-state index in [0.29, 0.717) is 12.1 Å². The molecule has 0 bridgehead atoms. The lowest BCUT2D eigenvalue weighted by Crippen LogP contribution is -2.46. The summed E-state index contributed by atoms with van der Waals surface area (Å²) in [6.45, 7) is 13.0. The molecule has 0 saturated heterocycles. The molecule has 0 aliphatic carbocycles. The second kappa shape index (κ2) is 7.38. The molecule has 1 aliphatic rings. The van der Waals surface area contributed by atoms with Crippen molar-refractivity contribution in [3.8, 4) is 0 Å². The lowest BCUT2D eigenvalue weighted by Gasteiger charge is -2.30. The summed E-state index contributed by atoms with van der Waals surface area (Å²) < 4.78 is 5.56. The van der Waals surface area contributed by atoms with Gasteiger partial charge in [-0.1, -0.05) is 48.5 Å². The van der Waals surface area contributed by atoms with E-state index in [1.807, 2.05) is 50.2 Å². The Kier molecular flexibility index (Phi) is 5.25. The molecule has 3 rings (SSSR count). The summed E-state index contributed by atoms with van der Waals surface area (Å²) in [5, 5.41) is 0. The van der Waals surface area contributed by atoms with Crippen LogP contribution in [0, 0.1) is 13.8 Å². The molecule has 0 radical (unpaired) electrons. The number of hydrogen-bond acceptors (Lipinski definition) is 3. The molecule has 0 fully saturated rings. The minimum Gasteiger partial charge on any atom is -0.443 e. The molecule has 1 heterocycles. The highest BCUT2D eigenvalue weighted by Crippen LogP contribution is 2.50. The first-order valence-electron chi connectivity index (χ1n) is 9.71. The van der Waals surface area contributed by atoms with Crippen LogP contribution in [0.3, 0.4) is 0 Å². The van der Waals surface area contributed by atoms with Gasteiger partial charge in [-0.05, 0) is 69.9 Å². The van der Waals surface area contributed by atoms with E-state index in [-0.39, 0.29) is 5.91 Å². The van der Waals surface area contributed by atoms with Gasteiger partial charge in [-0.25, -0.2) is 9.69 Å². The second-order valence-corrected chi connectivity index (χ2v) is 8.47. The maximum absolute atomic E-state index is 13.9. The molecule has 2 amide bonds. The molecule has 150 valence electrons. The number of nitrogens with zero attached hydrogens (tertiary/aromatic N) is 1. The number of hydrogen-bond donors (Lipinski definition) is 0. The lowest BCUT2D eigenvalue weighted by molar-refractivity contribution is -0.121. The predicted molar refractivity (Wildman–Crippen MR) is 115 cm³/mol. The molecule has 0 aromatic heterocycles. The summed E-state index contributed by atoms with van der Waals surface area (Å²) in [7, 11) is 0. The summed E-state index contributed by atoms with van der Waals surface area (Å²) in [5.74, 6) is -0.312. The first-order chi connectivity index (χ1) is 13.6. The highest BCUT2D eigenvalue weighted by atomic mass is 16.6. The number of carbonyl (C=O) groups excluding carboxylic acids is 2. The van der Waals surface area contributed by atoms with Crippen LogP contribution in [0.15, 0.2) is 60.9 Å². The molecule has 1 atom stereocenters. The number of carbonyl (C=O) groups is 2. The molecular formula is C25H27NO3. The average molecular weight is 389 g/mol. The van der Waals surface area contributed by atoms with Crippen molar-refractivity contribution in [2.75, 3.05) is 4.90 Å².